The molecule has 1 aromatic rings. The lowest BCUT2D eigenvalue weighted by molar-refractivity contribution is -0.122. The van der Waals surface area contributed by atoms with Gasteiger partial charge in [-0.2, -0.15) is 4.31 Å². The number of rotatable bonds is 3. The average Bonchev–Trinajstić information content (AvgIpc) is 2.39. The summed E-state index contributed by atoms with van der Waals surface area (Å²) in [7, 11) is -3.79. The molecule has 1 amide bonds. The Kier molecular flexibility index (Phi) is 4.13. The summed E-state index contributed by atoms with van der Waals surface area (Å²) in [4.78, 5) is 11.4. The Bertz CT molecular complexity index is 588. The molecule has 5 nitrogen and oxygen atoms in total. The summed E-state index contributed by atoms with van der Waals surface area (Å²) in [5, 5.41) is 0.149. The molecule has 7 heteroatoms. The molecule has 2 N–H and O–H groups in total. The van der Waals surface area contributed by atoms with E-state index in [0.29, 0.717) is 19.4 Å². The summed E-state index contributed by atoms with van der Waals surface area (Å²) in [5.74, 6) is -0.615. The molecular formula is C12H15ClN2O3S. The first kappa shape index (κ1) is 14.3. The van der Waals surface area contributed by atoms with E-state index in [2.05, 4.69) is 0 Å². The molecule has 1 aliphatic rings. The van der Waals surface area contributed by atoms with Crippen molar-refractivity contribution >= 4 is 27.5 Å². The highest BCUT2D eigenvalue weighted by atomic mass is 35.5. The number of amides is 1. The fourth-order valence-corrected chi connectivity index (χ4v) is 4.42. The van der Waals surface area contributed by atoms with Crippen LogP contribution in [0.25, 0.3) is 0 Å². The zero-order valence-electron chi connectivity index (χ0n) is 10.3. The lowest BCUT2D eigenvalue weighted by Crippen LogP contribution is -2.50. The second-order valence-electron chi connectivity index (χ2n) is 4.46. The van der Waals surface area contributed by atoms with Gasteiger partial charge in [-0.05, 0) is 25.0 Å². The van der Waals surface area contributed by atoms with Crippen LogP contribution in [0.1, 0.15) is 19.3 Å². The van der Waals surface area contributed by atoms with Gasteiger partial charge in [-0.25, -0.2) is 8.42 Å². The molecule has 0 unspecified atom stereocenters. The summed E-state index contributed by atoms with van der Waals surface area (Å²) in [5.41, 5.74) is 5.29. The summed E-state index contributed by atoms with van der Waals surface area (Å²) in [6.45, 7) is 0.293. The van der Waals surface area contributed by atoms with Crippen molar-refractivity contribution in [1.82, 2.24) is 4.31 Å². The van der Waals surface area contributed by atoms with Crippen LogP contribution >= 0.6 is 11.6 Å². The molecule has 1 fully saturated rings. The zero-order chi connectivity index (χ0) is 14.0. The number of piperidine rings is 1. The first-order chi connectivity index (χ1) is 8.94. The number of carbonyl (C=O) groups is 1. The lowest BCUT2D eigenvalue weighted by atomic mass is 10.0. The third kappa shape index (κ3) is 2.75. The van der Waals surface area contributed by atoms with Crippen LogP contribution in [-0.4, -0.2) is 31.2 Å². The van der Waals surface area contributed by atoms with Crippen molar-refractivity contribution in [3.8, 4) is 0 Å². The molecule has 19 heavy (non-hydrogen) atoms. The minimum Gasteiger partial charge on any atom is -0.368 e. The molecular weight excluding hydrogens is 288 g/mol. The second-order valence-corrected chi connectivity index (χ2v) is 6.73. The summed E-state index contributed by atoms with van der Waals surface area (Å²) >= 11 is 5.93. The van der Waals surface area contributed by atoms with Crippen LogP contribution in [-0.2, 0) is 14.8 Å². The van der Waals surface area contributed by atoms with E-state index in [1.165, 1.54) is 16.4 Å². The highest BCUT2D eigenvalue weighted by molar-refractivity contribution is 7.89. The number of carbonyl (C=O) groups excluding carboxylic acids is 1. The highest BCUT2D eigenvalue weighted by Crippen LogP contribution is 2.29. The Balaban J connectivity index is 2.43. The van der Waals surface area contributed by atoms with E-state index >= 15 is 0 Å². The molecule has 0 aromatic heterocycles. The first-order valence-electron chi connectivity index (χ1n) is 6.00. The van der Waals surface area contributed by atoms with E-state index in [-0.39, 0.29) is 9.92 Å². The van der Waals surface area contributed by atoms with Crippen molar-refractivity contribution in [2.45, 2.75) is 30.2 Å². The van der Waals surface area contributed by atoms with E-state index < -0.39 is 22.0 Å². The van der Waals surface area contributed by atoms with Gasteiger partial charge in [0.1, 0.15) is 10.9 Å². The molecule has 0 saturated carbocycles. The molecule has 0 aliphatic carbocycles. The summed E-state index contributed by atoms with van der Waals surface area (Å²) in [6.07, 6.45) is 1.97. The zero-order valence-corrected chi connectivity index (χ0v) is 11.8. The maximum atomic E-state index is 12.6. The van der Waals surface area contributed by atoms with Crippen molar-refractivity contribution in [1.29, 1.82) is 0 Å². The van der Waals surface area contributed by atoms with Gasteiger partial charge in [0.05, 0.1) is 5.02 Å². The van der Waals surface area contributed by atoms with Crippen LogP contribution in [0.3, 0.4) is 0 Å². The van der Waals surface area contributed by atoms with Crippen LogP contribution in [0.15, 0.2) is 29.2 Å². The van der Waals surface area contributed by atoms with Gasteiger partial charge >= 0.3 is 0 Å². The number of nitrogens with zero attached hydrogens (tertiary/aromatic N) is 1. The van der Waals surface area contributed by atoms with Gasteiger partial charge < -0.3 is 5.73 Å². The largest absolute Gasteiger partial charge is 0.368 e. The smallest absolute Gasteiger partial charge is 0.245 e. The van der Waals surface area contributed by atoms with Crippen molar-refractivity contribution in [2.24, 2.45) is 5.73 Å². The van der Waals surface area contributed by atoms with Crippen molar-refractivity contribution in [3.63, 3.8) is 0 Å². The maximum Gasteiger partial charge on any atom is 0.245 e. The van der Waals surface area contributed by atoms with Gasteiger partial charge in [0.15, 0.2) is 0 Å². The molecule has 1 heterocycles. The summed E-state index contributed by atoms with van der Waals surface area (Å²) < 4.78 is 26.3. The molecule has 1 atom stereocenters. The van der Waals surface area contributed by atoms with E-state index in [4.69, 9.17) is 17.3 Å². The number of nitrogens with two attached hydrogens (primary N) is 1. The number of sulfonamides is 1. The van der Waals surface area contributed by atoms with Gasteiger partial charge in [0.25, 0.3) is 0 Å². The van der Waals surface area contributed by atoms with E-state index in [1.54, 1.807) is 12.1 Å². The number of hydrogen-bond donors (Lipinski definition) is 1. The van der Waals surface area contributed by atoms with Crippen molar-refractivity contribution in [2.75, 3.05) is 6.54 Å². The predicted octanol–water partition coefficient (Wildman–Crippen LogP) is 1.37. The van der Waals surface area contributed by atoms with Gasteiger partial charge in [-0.3, -0.25) is 4.79 Å². The molecule has 1 saturated heterocycles. The highest BCUT2D eigenvalue weighted by Gasteiger charge is 2.37. The molecule has 1 aromatic carbocycles. The molecule has 104 valence electrons. The molecule has 0 spiro atoms. The predicted molar refractivity (Wildman–Crippen MR) is 72.2 cm³/mol. The fraction of sp³-hybridized carbons (Fsp3) is 0.417. The maximum absolute atomic E-state index is 12.6. The van der Waals surface area contributed by atoms with Crippen LogP contribution in [0.2, 0.25) is 5.02 Å². The molecule has 0 radical (unpaired) electrons. The van der Waals surface area contributed by atoms with Gasteiger partial charge in [0.2, 0.25) is 15.9 Å². The quantitative estimate of drug-likeness (QED) is 0.915. The molecule has 1 aliphatic heterocycles. The number of halogens is 1. The average molecular weight is 303 g/mol. The van der Waals surface area contributed by atoms with Crippen molar-refractivity contribution < 1.29 is 13.2 Å². The molecule has 2 rings (SSSR count). The van der Waals surface area contributed by atoms with E-state index in [9.17, 15) is 13.2 Å². The SMILES string of the molecule is NC(=O)[C@H]1CCCCN1S(=O)(=O)c1ccccc1Cl. The minimum absolute atomic E-state index is 0.0183. The van der Waals surface area contributed by atoms with Crippen LogP contribution < -0.4 is 5.73 Å². The standard InChI is InChI=1S/C12H15ClN2O3S/c13-9-5-1-2-7-11(9)19(17,18)15-8-4-3-6-10(15)12(14)16/h1-2,5,7,10H,3-4,6,8H2,(H2,14,16)/t10-/m1/s1. The lowest BCUT2D eigenvalue weighted by Gasteiger charge is -2.32. The van der Waals surface area contributed by atoms with Gasteiger partial charge in [-0.1, -0.05) is 30.2 Å². The minimum atomic E-state index is -3.79. The Morgan fingerprint density at radius 3 is 2.63 bits per heavy atom. The van der Waals surface area contributed by atoms with Gasteiger partial charge in [-0.15, -0.1) is 0 Å². The van der Waals surface area contributed by atoms with Crippen LogP contribution in [0, 0.1) is 0 Å². The second kappa shape index (κ2) is 5.48. The first-order valence-corrected chi connectivity index (χ1v) is 7.82. The number of primary amides is 1. The Morgan fingerprint density at radius 2 is 2.00 bits per heavy atom. The van der Waals surface area contributed by atoms with E-state index in [1.807, 2.05) is 0 Å². The topological polar surface area (TPSA) is 80.5 Å². The normalized spacial score (nSPS) is 21.2. The Morgan fingerprint density at radius 1 is 1.32 bits per heavy atom. The van der Waals surface area contributed by atoms with Gasteiger partial charge in [0, 0.05) is 6.54 Å². The third-order valence-corrected chi connectivity index (χ3v) is 5.61. The number of benzene rings is 1. The summed E-state index contributed by atoms with van der Waals surface area (Å²) in [6, 6.07) is 5.42. The Labute approximate surface area is 117 Å². The number of hydrogen-bond acceptors (Lipinski definition) is 3. The van der Waals surface area contributed by atoms with E-state index in [0.717, 1.165) is 6.42 Å². The van der Waals surface area contributed by atoms with Crippen LogP contribution in [0.4, 0.5) is 0 Å². The fourth-order valence-electron chi connectivity index (χ4n) is 2.26. The monoisotopic (exact) mass is 302 g/mol. The Hall–Kier alpha value is -1.11. The van der Waals surface area contributed by atoms with Crippen LogP contribution in [0.5, 0.6) is 0 Å². The third-order valence-electron chi connectivity index (χ3n) is 3.21. The molecule has 0 bridgehead atoms. The van der Waals surface area contributed by atoms with Crippen molar-refractivity contribution in [3.05, 3.63) is 29.3 Å².